The Morgan fingerprint density at radius 1 is 1.00 bits per heavy atom. The van der Waals surface area contributed by atoms with E-state index in [0.717, 1.165) is 17.7 Å². The lowest BCUT2D eigenvalue weighted by Crippen LogP contribution is -2.13. The second kappa shape index (κ2) is 5.31. The van der Waals surface area contributed by atoms with Gasteiger partial charge in [0, 0.05) is 5.56 Å². The van der Waals surface area contributed by atoms with Crippen LogP contribution < -0.4 is 0 Å². The number of hydrogen-bond donors (Lipinski definition) is 0. The smallest absolute Gasteiger partial charge is 0.288 e. The number of aryl methyl sites for hydroxylation is 2. The standard InChI is InChI=1S/C16H12F4O/c1-9-6-7-11(10(2)8-9)15(21)12-4-3-5-13(14(12)17)16(18,19)20/h3-8H,1-2H3. The van der Waals surface area contributed by atoms with E-state index in [4.69, 9.17) is 0 Å². The van der Waals surface area contributed by atoms with Gasteiger partial charge in [0.2, 0.25) is 0 Å². The summed E-state index contributed by atoms with van der Waals surface area (Å²) in [6, 6.07) is 7.58. The Morgan fingerprint density at radius 3 is 2.24 bits per heavy atom. The molecule has 0 radical (unpaired) electrons. The van der Waals surface area contributed by atoms with Gasteiger partial charge < -0.3 is 0 Å². The van der Waals surface area contributed by atoms with Crippen molar-refractivity contribution in [1.29, 1.82) is 0 Å². The Labute approximate surface area is 119 Å². The van der Waals surface area contributed by atoms with E-state index in [1.807, 2.05) is 6.92 Å². The Morgan fingerprint density at radius 2 is 1.67 bits per heavy atom. The van der Waals surface area contributed by atoms with E-state index >= 15 is 0 Å². The fraction of sp³-hybridized carbons (Fsp3) is 0.188. The van der Waals surface area contributed by atoms with E-state index in [0.29, 0.717) is 11.6 Å². The van der Waals surface area contributed by atoms with Crippen LogP contribution in [0, 0.1) is 19.7 Å². The largest absolute Gasteiger partial charge is 0.419 e. The number of ketones is 1. The van der Waals surface area contributed by atoms with Crippen LogP contribution in [-0.4, -0.2) is 5.78 Å². The van der Waals surface area contributed by atoms with E-state index in [9.17, 15) is 22.4 Å². The number of carbonyl (C=O) groups excluding carboxylic acids is 1. The van der Waals surface area contributed by atoms with Gasteiger partial charge in [0.05, 0.1) is 11.1 Å². The van der Waals surface area contributed by atoms with Gasteiger partial charge in [0.1, 0.15) is 5.82 Å². The van der Waals surface area contributed by atoms with E-state index in [1.54, 1.807) is 19.1 Å². The molecule has 0 aliphatic carbocycles. The zero-order chi connectivity index (χ0) is 15.8. The SMILES string of the molecule is Cc1ccc(C(=O)c2cccc(C(F)(F)F)c2F)c(C)c1. The predicted molar refractivity (Wildman–Crippen MR) is 70.8 cm³/mol. The Hall–Kier alpha value is -2.17. The molecule has 2 rings (SSSR count). The van der Waals surface area contributed by atoms with Crippen LogP contribution in [0.5, 0.6) is 0 Å². The molecule has 0 atom stereocenters. The van der Waals surface area contributed by atoms with Gasteiger partial charge in [0.15, 0.2) is 5.78 Å². The number of benzene rings is 2. The molecular formula is C16H12F4O. The van der Waals surface area contributed by atoms with E-state index < -0.39 is 28.9 Å². The van der Waals surface area contributed by atoms with Crippen molar-refractivity contribution in [3.8, 4) is 0 Å². The topological polar surface area (TPSA) is 17.1 Å². The number of alkyl halides is 3. The van der Waals surface area contributed by atoms with Crippen molar-refractivity contribution in [2.75, 3.05) is 0 Å². The minimum atomic E-state index is -4.83. The molecule has 0 aliphatic heterocycles. The molecule has 0 spiro atoms. The van der Waals surface area contributed by atoms with Crippen LogP contribution in [0.3, 0.4) is 0 Å². The number of halogens is 4. The molecule has 0 amide bonds. The van der Waals surface area contributed by atoms with Crippen LogP contribution in [0.25, 0.3) is 0 Å². The lowest BCUT2D eigenvalue weighted by molar-refractivity contribution is -0.140. The lowest BCUT2D eigenvalue weighted by Gasteiger charge is -2.11. The van der Waals surface area contributed by atoms with E-state index in [-0.39, 0.29) is 5.56 Å². The van der Waals surface area contributed by atoms with Crippen molar-refractivity contribution in [3.05, 3.63) is 70.0 Å². The highest BCUT2D eigenvalue weighted by Gasteiger charge is 2.35. The number of carbonyl (C=O) groups is 1. The summed E-state index contributed by atoms with van der Waals surface area (Å²) in [5.74, 6) is -2.29. The highest BCUT2D eigenvalue weighted by Crippen LogP contribution is 2.33. The third-order valence-corrected chi connectivity index (χ3v) is 3.18. The molecule has 5 heteroatoms. The molecule has 0 saturated carbocycles. The monoisotopic (exact) mass is 296 g/mol. The molecule has 0 unspecified atom stereocenters. The van der Waals surface area contributed by atoms with Gasteiger partial charge in [0.25, 0.3) is 0 Å². The van der Waals surface area contributed by atoms with Gasteiger partial charge in [-0.1, -0.05) is 29.8 Å². The van der Waals surface area contributed by atoms with Gasteiger partial charge in [-0.05, 0) is 31.5 Å². The first kappa shape index (κ1) is 15.2. The first-order valence-corrected chi connectivity index (χ1v) is 6.19. The first-order chi connectivity index (χ1) is 9.71. The molecule has 0 aromatic heterocycles. The lowest BCUT2D eigenvalue weighted by atomic mass is 9.96. The summed E-state index contributed by atoms with van der Waals surface area (Å²) >= 11 is 0. The minimum absolute atomic E-state index is 0.193. The van der Waals surface area contributed by atoms with E-state index in [1.165, 1.54) is 6.07 Å². The molecule has 0 fully saturated rings. The fourth-order valence-electron chi connectivity index (χ4n) is 2.14. The predicted octanol–water partition coefficient (Wildman–Crippen LogP) is 4.69. The minimum Gasteiger partial charge on any atom is -0.288 e. The van der Waals surface area contributed by atoms with Crippen molar-refractivity contribution in [2.24, 2.45) is 0 Å². The molecule has 0 aliphatic rings. The molecule has 110 valence electrons. The Bertz CT molecular complexity index is 702. The third-order valence-electron chi connectivity index (χ3n) is 3.18. The molecule has 0 bridgehead atoms. The summed E-state index contributed by atoms with van der Waals surface area (Å²) in [4.78, 5) is 12.3. The summed E-state index contributed by atoms with van der Waals surface area (Å²) in [7, 11) is 0. The maximum Gasteiger partial charge on any atom is 0.419 e. The average Bonchev–Trinajstić information content (AvgIpc) is 2.37. The molecule has 2 aromatic rings. The fourth-order valence-corrected chi connectivity index (χ4v) is 2.14. The zero-order valence-corrected chi connectivity index (χ0v) is 11.4. The van der Waals surface area contributed by atoms with Crippen molar-refractivity contribution >= 4 is 5.78 Å². The van der Waals surface area contributed by atoms with Gasteiger partial charge in [-0.25, -0.2) is 4.39 Å². The van der Waals surface area contributed by atoms with Crippen molar-refractivity contribution in [2.45, 2.75) is 20.0 Å². The average molecular weight is 296 g/mol. The van der Waals surface area contributed by atoms with Gasteiger partial charge in [-0.3, -0.25) is 4.79 Å². The summed E-state index contributed by atoms with van der Waals surface area (Å²) in [5.41, 5.74) is -0.306. The molecule has 0 saturated heterocycles. The normalized spacial score (nSPS) is 11.5. The van der Waals surface area contributed by atoms with Crippen molar-refractivity contribution in [3.63, 3.8) is 0 Å². The summed E-state index contributed by atoms with van der Waals surface area (Å²) < 4.78 is 52.0. The first-order valence-electron chi connectivity index (χ1n) is 6.19. The Balaban J connectivity index is 2.54. The van der Waals surface area contributed by atoms with Crippen LogP contribution in [0.1, 0.15) is 32.6 Å². The highest BCUT2D eigenvalue weighted by atomic mass is 19.4. The quantitative estimate of drug-likeness (QED) is 0.580. The Kier molecular flexibility index (Phi) is 3.85. The van der Waals surface area contributed by atoms with Crippen LogP contribution in [0.4, 0.5) is 17.6 Å². The van der Waals surface area contributed by atoms with Gasteiger partial charge >= 0.3 is 6.18 Å². The number of rotatable bonds is 2. The molecule has 1 nitrogen and oxygen atoms in total. The second-order valence-corrected chi connectivity index (χ2v) is 4.81. The summed E-state index contributed by atoms with van der Waals surface area (Å²) in [6.07, 6.45) is -4.83. The van der Waals surface area contributed by atoms with Crippen LogP contribution >= 0.6 is 0 Å². The maximum atomic E-state index is 14.0. The number of hydrogen-bond acceptors (Lipinski definition) is 1. The summed E-state index contributed by atoms with van der Waals surface area (Å²) in [5, 5.41) is 0. The van der Waals surface area contributed by atoms with Gasteiger partial charge in [-0.2, -0.15) is 13.2 Å². The zero-order valence-electron chi connectivity index (χ0n) is 11.4. The van der Waals surface area contributed by atoms with Crippen LogP contribution in [-0.2, 0) is 6.18 Å². The van der Waals surface area contributed by atoms with Gasteiger partial charge in [-0.15, -0.1) is 0 Å². The van der Waals surface area contributed by atoms with Crippen molar-refractivity contribution < 1.29 is 22.4 Å². The van der Waals surface area contributed by atoms with Crippen LogP contribution in [0.2, 0.25) is 0 Å². The molecule has 0 N–H and O–H groups in total. The summed E-state index contributed by atoms with van der Waals surface area (Å²) in [6.45, 7) is 3.48. The van der Waals surface area contributed by atoms with Crippen LogP contribution in [0.15, 0.2) is 36.4 Å². The highest BCUT2D eigenvalue weighted by molar-refractivity contribution is 6.10. The van der Waals surface area contributed by atoms with Crippen molar-refractivity contribution in [1.82, 2.24) is 0 Å². The third kappa shape index (κ3) is 2.96. The molecule has 21 heavy (non-hydrogen) atoms. The molecular weight excluding hydrogens is 284 g/mol. The maximum absolute atomic E-state index is 14.0. The van der Waals surface area contributed by atoms with E-state index in [2.05, 4.69) is 0 Å². The molecule has 2 aromatic carbocycles. The molecule has 0 heterocycles. The second-order valence-electron chi connectivity index (χ2n) is 4.81.